The van der Waals surface area contributed by atoms with Crippen LogP contribution in [-0.4, -0.2) is 56.1 Å². The quantitative estimate of drug-likeness (QED) is 0.618. The largest absolute Gasteiger partial charge is 0.383 e. The number of carbonyl (C=O) groups is 2. The van der Waals surface area contributed by atoms with E-state index in [1.165, 1.54) is 0 Å². The molecule has 0 aliphatic carbocycles. The second-order valence-corrected chi connectivity index (χ2v) is 4.74. The van der Waals surface area contributed by atoms with Crippen molar-refractivity contribution in [2.75, 3.05) is 33.4 Å². The number of carbonyl (C=O) groups excluding carboxylic acids is 2. The molecular weight excluding hydrogens is 234 g/mol. The first-order valence-corrected chi connectivity index (χ1v) is 6.34. The number of nitrogens with two attached hydrogens (primary N) is 1. The number of nitrogens with zero attached hydrogens (tertiary/aromatic N) is 1. The topological polar surface area (TPSA) is 84.7 Å². The Morgan fingerprint density at radius 1 is 1.44 bits per heavy atom. The number of methoxy groups -OCH3 is 1. The van der Waals surface area contributed by atoms with Crippen LogP contribution in [0.2, 0.25) is 0 Å². The predicted molar refractivity (Wildman–Crippen MR) is 67.8 cm³/mol. The summed E-state index contributed by atoms with van der Waals surface area (Å²) in [5, 5.41) is 3.02. The molecule has 1 fully saturated rings. The lowest BCUT2D eigenvalue weighted by Gasteiger charge is -2.37. The van der Waals surface area contributed by atoms with E-state index >= 15 is 0 Å². The molecular formula is C12H23N3O3. The van der Waals surface area contributed by atoms with E-state index < -0.39 is 0 Å². The number of nitrogens with one attached hydrogen (secondary N) is 1. The number of hydrogen-bond donors (Lipinski definition) is 2. The fourth-order valence-corrected chi connectivity index (χ4v) is 2.16. The highest BCUT2D eigenvalue weighted by Gasteiger charge is 2.31. The van der Waals surface area contributed by atoms with Gasteiger partial charge in [-0.15, -0.1) is 0 Å². The van der Waals surface area contributed by atoms with Crippen molar-refractivity contribution < 1.29 is 14.3 Å². The van der Waals surface area contributed by atoms with E-state index in [0.29, 0.717) is 19.7 Å². The van der Waals surface area contributed by atoms with Crippen LogP contribution >= 0.6 is 0 Å². The van der Waals surface area contributed by atoms with E-state index in [1.54, 1.807) is 12.0 Å². The molecule has 1 rings (SSSR count). The third-order valence-corrected chi connectivity index (χ3v) is 3.36. The molecule has 0 bridgehead atoms. The van der Waals surface area contributed by atoms with Gasteiger partial charge in [0.15, 0.2) is 0 Å². The molecule has 1 aliphatic rings. The summed E-state index contributed by atoms with van der Waals surface area (Å²) in [7, 11) is 1.62. The average Bonchev–Trinajstić information content (AvgIpc) is 2.34. The molecule has 0 aromatic carbocycles. The van der Waals surface area contributed by atoms with Crippen molar-refractivity contribution in [1.29, 1.82) is 0 Å². The van der Waals surface area contributed by atoms with E-state index in [-0.39, 0.29) is 30.3 Å². The van der Waals surface area contributed by atoms with Crippen molar-refractivity contribution in [3.63, 3.8) is 0 Å². The fourth-order valence-electron chi connectivity index (χ4n) is 2.16. The molecule has 1 heterocycles. The van der Waals surface area contributed by atoms with Crippen molar-refractivity contribution in [3.05, 3.63) is 0 Å². The van der Waals surface area contributed by atoms with Crippen LogP contribution in [0.25, 0.3) is 0 Å². The molecule has 2 unspecified atom stereocenters. The molecule has 2 atom stereocenters. The zero-order chi connectivity index (χ0) is 13.5. The molecule has 6 nitrogen and oxygen atoms in total. The lowest BCUT2D eigenvalue weighted by molar-refractivity contribution is -0.136. The predicted octanol–water partition coefficient (Wildman–Crippen LogP) is -0.665. The Labute approximate surface area is 108 Å². The van der Waals surface area contributed by atoms with E-state index in [2.05, 4.69) is 5.32 Å². The monoisotopic (exact) mass is 257 g/mol. The summed E-state index contributed by atoms with van der Waals surface area (Å²) in [4.78, 5) is 24.9. The number of likely N-dealkylation sites (tertiary alicyclic amines) is 1. The molecule has 0 spiro atoms. The maximum absolute atomic E-state index is 12.0. The molecule has 1 aliphatic heterocycles. The number of hydrogen-bond acceptors (Lipinski definition) is 4. The smallest absolute Gasteiger partial charge is 0.236 e. The van der Waals surface area contributed by atoms with Crippen molar-refractivity contribution in [3.8, 4) is 0 Å². The Balaban J connectivity index is 2.41. The van der Waals surface area contributed by atoms with Crippen LogP contribution in [0.1, 0.15) is 19.8 Å². The molecule has 2 amide bonds. The first kappa shape index (κ1) is 14.9. The number of primary amides is 1. The van der Waals surface area contributed by atoms with Gasteiger partial charge in [0.1, 0.15) is 0 Å². The molecule has 0 aromatic rings. The van der Waals surface area contributed by atoms with E-state index in [1.807, 2.05) is 6.92 Å². The summed E-state index contributed by atoms with van der Waals surface area (Å²) in [5.74, 6) is -0.499. The minimum atomic E-state index is -0.313. The van der Waals surface area contributed by atoms with Gasteiger partial charge in [-0.3, -0.25) is 9.59 Å². The molecule has 6 heteroatoms. The SMILES string of the molecule is COCCNCC(=O)N1CC(C(N)=O)CCC1C. The number of amides is 2. The van der Waals surface area contributed by atoms with Crippen LogP contribution in [-0.2, 0) is 14.3 Å². The van der Waals surface area contributed by atoms with Crippen LogP contribution in [0.15, 0.2) is 0 Å². The second kappa shape index (κ2) is 7.33. The molecule has 0 aromatic heterocycles. The molecule has 0 radical (unpaired) electrons. The van der Waals surface area contributed by atoms with Crippen LogP contribution in [0, 0.1) is 5.92 Å². The maximum Gasteiger partial charge on any atom is 0.236 e. The Kier molecular flexibility index (Phi) is 6.07. The van der Waals surface area contributed by atoms with Gasteiger partial charge >= 0.3 is 0 Å². The van der Waals surface area contributed by atoms with Gasteiger partial charge in [0.2, 0.25) is 11.8 Å². The summed E-state index contributed by atoms with van der Waals surface area (Å²) in [6.07, 6.45) is 1.61. The number of rotatable bonds is 6. The first-order valence-electron chi connectivity index (χ1n) is 6.34. The van der Waals surface area contributed by atoms with Gasteiger partial charge < -0.3 is 20.7 Å². The standard InChI is InChI=1S/C12H23N3O3/c1-9-3-4-10(12(13)17)8-15(9)11(16)7-14-5-6-18-2/h9-10,14H,3-8H2,1-2H3,(H2,13,17). The maximum atomic E-state index is 12.0. The van der Waals surface area contributed by atoms with Crippen LogP contribution < -0.4 is 11.1 Å². The Bertz CT molecular complexity index is 296. The van der Waals surface area contributed by atoms with E-state index in [9.17, 15) is 9.59 Å². The summed E-state index contributed by atoms with van der Waals surface area (Å²) in [6.45, 7) is 3.95. The zero-order valence-corrected chi connectivity index (χ0v) is 11.1. The lowest BCUT2D eigenvalue weighted by atomic mass is 9.93. The molecule has 1 saturated heterocycles. The van der Waals surface area contributed by atoms with E-state index in [0.717, 1.165) is 12.8 Å². The lowest BCUT2D eigenvalue weighted by Crippen LogP contribution is -2.51. The molecule has 18 heavy (non-hydrogen) atoms. The van der Waals surface area contributed by atoms with E-state index in [4.69, 9.17) is 10.5 Å². The van der Waals surface area contributed by atoms with Crippen LogP contribution in [0.3, 0.4) is 0 Å². The van der Waals surface area contributed by atoms with Gasteiger partial charge in [0.05, 0.1) is 19.1 Å². The fraction of sp³-hybridized carbons (Fsp3) is 0.833. The van der Waals surface area contributed by atoms with Crippen LogP contribution in [0.4, 0.5) is 0 Å². The van der Waals surface area contributed by atoms with Crippen molar-refractivity contribution >= 4 is 11.8 Å². The van der Waals surface area contributed by atoms with Gasteiger partial charge in [-0.2, -0.15) is 0 Å². The normalized spacial score (nSPS) is 24.0. The molecule has 3 N–H and O–H groups in total. The Morgan fingerprint density at radius 2 is 2.17 bits per heavy atom. The third-order valence-electron chi connectivity index (χ3n) is 3.36. The first-order chi connectivity index (χ1) is 8.56. The van der Waals surface area contributed by atoms with Crippen LogP contribution in [0.5, 0.6) is 0 Å². The summed E-state index contributed by atoms with van der Waals surface area (Å²) >= 11 is 0. The second-order valence-electron chi connectivity index (χ2n) is 4.74. The third kappa shape index (κ3) is 4.27. The molecule has 0 saturated carbocycles. The Hall–Kier alpha value is -1.14. The van der Waals surface area contributed by atoms with Gasteiger partial charge in [-0.25, -0.2) is 0 Å². The minimum absolute atomic E-state index is 0.0181. The van der Waals surface area contributed by atoms with Gasteiger partial charge in [-0.1, -0.05) is 0 Å². The summed E-state index contributed by atoms with van der Waals surface area (Å²) in [5.41, 5.74) is 5.31. The number of ether oxygens (including phenoxy) is 1. The van der Waals surface area contributed by atoms with Crippen molar-refractivity contribution in [2.24, 2.45) is 11.7 Å². The number of piperidine rings is 1. The zero-order valence-electron chi connectivity index (χ0n) is 11.1. The molecule has 104 valence electrons. The average molecular weight is 257 g/mol. The van der Waals surface area contributed by atoms with Gasteiger partial charge in [0, 0.05) is 26.2 Å². The van der Waals surface area contributed by atoms with Crippen molar-refractivity contribution in [2.45, 2.75) is 25.8 Å². The summed E-state index contributed by atoms with van der Waals surface area (Å²) in [6, 6.07) is 0.178. The summed E-state index contributed by atoms with van der Waals surface area (Å²) < 4.78 is 4.89. The van der Waals surface area contributed by atoms with Gasteiger partial charge in [-0.05, 0) is 19.8 Å². The highest BCUT2D eigenvalue weighted by Crippen LogP contribution is 2.21. The highest BCUT2D eigenvalue weighted by molar-refractivity contribution is 5.81. The minimum Gasteiger partial charge on any atom is -0.383 e. The highest BCUT2D eigenvalue weighted by atomic mass is 16.5. The Morgan fingerprint density at radius 3 is 2.78 bits per heavy atom. The van der Waals surface area contributed by atoms with Crippen molar-refractivity contribution in [1.82, 2.24) is 10.2 Å². The van der Waals surface area contributed by atoms with Gasteiger partial charge in [0.25, 0.3) is 0 Å².